The van der Waals surface area contributed by atoms with Crippen LogP contribution in [0.25, 0.3) is 0 Å². The van der Waals surface area contributed by atoms with Gasteiger partial charge in [-0.05, 0) is 25.7 Å². The summed E-state index contributed by atoms with van der Waals surface area (Å²) in [5.41, 5.74) is 0. The van der Waals surface area contributed by atoms with Gasteiger partial charge in [0.15, 0.2) is 0 Å². The number of carbonyl (C=O) groups excluding carboxylic acids is 2. The van der Waals surface area contributed by atoms with Crippen molar-refractivity contribution in [2.45, 2.75) is 64.7 Å². The molecular weight excluding hydrogens is 200 g/mol. The Bertz CT molecular complexity index is 207. The van der Waals surface area contributed by atoms with Crippen LogP contribution in [0.15, 0.2) is 12.2 Å². The summed E-state index contributed by atoms with van der Waals surface area (Å²) >= 11 is 0. The summed E-state index contributed by atoms with van der Waals surface area (Å²) in [6.45, 7) is 2.21. The van der Waals surface area contributed by atoms with E-state index < -0.39 is 0 Å². The van der Waals surface area contributed by atoms with Crippen molar-refractivity contribution >= 4 is 12.1 Å². The molecule has 16 heavy (non-hydrogen) atoms. The van der Waals surface area contributed by atoms with Gasteiger partial charge in [-0.3, -0.25) is 9.59 Å². The van der Waals surface area contributed by atoms with E-state index in [0.29, 0.717) is 6.42 Å². The summed E-state index contributed by atoms with van der Waals surface area (Å²) in [5.74, 6) is 0.00588. The lowest BCUT2D eigenvalue weighted by Crippen LogP contribution is -1.97. The van der Waals surface area contributed by atoms with E-state index in [-0.39, 0.29) is 12.2 Å². The fraction of sp³-hybridized carbons (Fsp3) is 0.714. The van der Waals surface area contributed by atoms with Crippen molar-refractivity contribution in [3.05, 3.63) is 12.2 Å². The summed E-state index contributed by atoms with van der Waals surface area (Å²) in [7, 11) is 0. The maximum Gasteiger partial charge on any atom is 0.206 e. The Morgan fingerprint density at radius 3 is 2.38 bits per heavy atom. The van der Waals surface area contributed by atoms with Crippen molar-refractivity contribution in [3.8, 4) is 0 Å². The molecule has 0 N–H and O–H groups in total. The van der Waals surface area contributed by atoms with Gasteiger partial charge >= 0.3 is 0 Å². The van der Waals surface area contributed by atoms with E-state index in [4.69, 9.17) is 0 Å². The van der Waals surface area contributed by atoms with Gasteiger partial charge in [-0.1, -0.05) is 38.3 Å². The molecule has 0 aliphatic rings. The molecule has 0 saturated carbocycles. The van der Waals surface area contributed by atoms with Gasteiger partial charge < -0.3 is 0 Å². The van der Waals surface area contributed by atoms with Gasteiger partial charge in [0.05, 0.1) is 6.42 Å². The van der Waals surface area contributed by atoms with E-state index in [1.54, 1.807) is 6.29 Å². The second-order valence-corrected chi connectivity index (χ2v) is 4.07. The van der Waals surface area contributed by atoms with E-state index in [0.717, 1.165) is 19.3 Å². The van der Waals surface area contributed by atoms with Gasteiger partial charge in [0.2, 0.25) is 6.29 Å². The van der Waals surface area contributed by atoms with Crippen LogP contribution in [0, 0.1) is 0 Å². The van der Waals surface area contributed by atoms with E-state index in [2.05, 4.69) is 19.1 Å². The van der Waals surface area contributed by atoms with Crippen LogP contribution in [-0.4, -0.2) is 12.1 Å². The summed E-state index contributed by atoms with van der Waals surface area (Å²) in [5, 5.41) is 0. The number of ketones is 1. The molecule has 0 heterocycles. The molecule has 91 valence electrons. The predicted octanol–water partition coefficient (Wildman–Crippen LogP) is 3.75. The zero-order valence-electron chi connectivity index (χ0n) is 10.3. The number of Topliss-reactive ketones (excluding diaryl/α,β-unsaturated/α-hetero) is 1. The fourth-order valence-electron chi connectivity index (χ4n) is 1.51. The van der Waals surface area contributed by atoms with Gasteiger partial charge in [0, 0.05) is 6.42 Å². The number of allylic oxidation sites excluding steroid dienone is 2. The van der Waals surface area contributed by atoms with Crippen molar-refractivity contribution < 1.29 is 9.59 Å². The topological polar surface area (TPSA) is 34.1 Å². The lowest BCUT2D eigenvalue weighted by atomic mass is 10.1. The monoisotopic (exact) mass is 223 g/mol. The lowest BCUT2D eigenvalue weighted by molar-refractivity contribution is -0.118. The zero-order valence-corrected chi connectivity index (χ0v) is 10.3. The Morgan fingerprint density at radius 1 is 1.06 bits per heavy atom. The molecule has 0 fully saturated rings. The Hall–Kier alpha value is -0.920. The number of hydrogen-bond donors (Lipinski definition) is 0. The van der Waals surface area contributed by atoms with Crippen LogP contribution in [-0.2, 0) is 9.59 Å². The highest BCUT2D eigenvalue weighted by molar-refractivity contribution is 5.89. The molecule has 0 aromatic rings. The van der Waals surface area contributed by atoms with E-state index in [9.17, 15) is 9.59 Å². The van der Waals surface area contributed by atoms with Crippen molar-refractivity contribution in [2.75, 3.05) is 0 Å². The highest BCUT2D eigenvalue weighted by atomic mass is 16.1. The molecule has 0 rings (SSSR count). The van der Waals surface area contributed by atoms with Gasteiger partial charge in [0.1, 0.15) is 5.78 Å². The Kier molecular flexibility index (Phi) is 11.5. The number of hydrogen-bond acceptors (Lipinski definition) is 2. The average Bonchev–Trinajstić information content (AvgIpc) is 2.27. The molecule has 0 aliphatic heterocycles. The molecule has 0 aromatic heterocycles. The molecule has 0 saturated heterocycles. The Morgan fingerprint density at radius 2 is 1.75 bits per heavy atom. The number of carbonyl (C=O) groups is 1. The van der Waals surface area contributed by atoms with Gasteiger partial charge in [-0.25, -0.2) is 0 Å². The smallest absolute Gasteiger partial charge is 0.206 e. The maximum atomic E-state index is 11.0. The molecule has 0 amide bonds. The zero-order chi connectivity index (χ0) is 12.1. The molecule has 0 spiro atoms. The normalized spacial score (nSPS) is 10.8. The third-order valence-electron chi connectivity index (χ3n) is 2.49. The second kappa shape index (κ2) is 12.2. The van der Waals surface area contributed by atoms with Crippen molar-refractivity contribution in [2.24, 2.45) is 0 Å². The standard InChI is InChI=1S/C14H23O2/c1-2-3-4-5-6-7-8-9-10-11-14(16)12-13-15/h7-8H,2-6,9-12H2,1H3/b8-7+. The van der Waals surface area contributed by atoms with Gasteiger partial charge in [-0.2, -0.15) is 0 Å². The minimum Gasteiger partial charge on any atom is -0.299 e. The molecule has 2 nitrogen and oxygen atoms in total. The highest BCUT2D eigenvalue weighted by Crippen LogP contribution is 2.04. The molecule has 2 heteroatoms. The molecule has 0 bridgehead atoms. The van der Waals surface area contributed by atoms with Gasteiger partial charge in [-0.15, -0.1) is 0 Å². The first-order valence-corrected chi connectivity index (χ1v) is 6.33. The second-order valence-electron chi connectivity index (χ2n) is 4.07. The van der Waals surface area contributed by atoms with E-state index in [1.807, 2.05) is 0 Å². The molecule has 0 atom stereocenters. The van der Waals surface area contributed by atoms with E-state index >= 15 is 0 Å². The minimum absolute atomic E-state index is 0.00588. The van der Waals surface area contributed by atoms with Crippen LogP contribution in [0.3, 0.4) is 0 Å². The third-order valence-corrected chi connectivity index (χ3v) is 2.49. The Balaban J connectivity index is 3.21. The summed E-state index contributed by atoms with van der Waals surface area (Å²) in [6, 6.07) is 0. The quantitative estimate of drug-likeness (QED) is 0.304. The van der Waals surface area contributed by atoms with Crippen LogP contribution >= 0.6 is 0 Å². The minimum atomic E-state index is -0.0409. The largest absolute Gasteiger partial charge is 0.299 e. The van der Waals surface area contributed by atoms with Crippen LogP contribution < -0.4 is 0 Å². The van der Waals surface area contributed by atoms with Crippen LogP contribution in [0.5, 0.6) is 0 Å². The van der Waals surface area contributed by atoms with Crippen molar-refractivity contribution in [3.63, 3.8) is 0 Å². The highest BCUT2D eigenvalue weighted by Gasteiger charge is 1.98. The number of unbranched alkanes of at least 4 members (excludes halogenated alkanes) is 5. The van der Waals surface area contributed by atoms with Crippen molar-refractivity contribution in [1.82, 2.24) is 0 Å². The molecule has 0 unspecified atom stereocenters. The molecule has 0 aromatic carbocycles. The van der Waals surface area contributed by atoms with Crippen molar-refractivity contribution in [1.29, 1.82) is 0 Å². The SMILES string of the molecule is CCCCCC/C=C/CCCC(=O)C[C]=O. The summed E-state index contributed by atoms with van der Waals surface area (Å²) in [6.07, 6.45) is 14.6. The third kappa shape index (κ3) is 11.2. The first-order valence-electron chi connectivity index (χ1n) is 6.33. The molecule has 0 aliphatic carbocycles. The van der Waals surface area contributed by atoms with Crippen LogP contribution in [0.1, 0.15) is 64.7 Å². The molecular formula is C14H23O2. The lowest BCUT2D eigenvalue weighted by Gasteiger charge is -1.95. The number of rotatable bonds is 11. The maximum absolute atomic E-state index is 11.0. The fourth-order valence-corrected chi connectivity index (χ4v) is 1.51. The summed E-state index contributed by atoms with van der Waals surface area (Å²) in [4.78, 5) is 20.9. The first-order chi connectivity index (χ1) is 7.81. The van der Waals surface area contributed by atoms with Gasteiger partial charge in [0.25, 0.3) is 0 Å². The van der Waals surface area contributed by atoms with Crippen LogP contribution in [0.2, 0.25) is 0 Å². The first kappa shape index (κ1) is 15.1. The predicted molar refractivity (Wildman–Crippen MR) is 67.1 cm³/mol. The molecule has 1 radical (unpaired) electrons. The van der Waals surface area contributed by atoms with Crippen LogP contribution in [0.4, 0.5) is 0 Å². The average molecular weight is 223 g/mol. The Labute approximate surface area is 99.1 Å². The van der Waals surface area contributed by atoms with E-state index in [1.165, 1.54) is 25.7 Å². The summed E-state index contributed by atoms with van der Waals surface area (Å²) < 4.78 is 0.